The highest BCUT2D eigenvalue weighted by molar-refractivity contribution is 9.10. The van der Waals surface area contributed by atoms with Crippen molar-refractivity contribution < 1.29 is 22.8 Å². The number of carbonyl (C=O) groups excluding carboxylic acids is 3. The van der Waals surface area contributed by atoms with E-state index in [2.05, 4.69) is 47.4 Å². The molecule has 1 spiro atoms. The molecule has 0 unspecified atom stereocenters. The maximum Gasteiger partial charge on any atom is 0.248 e. The van der Waals surface area contributed by atoms with Gasteiger partial charge in [0.2, 0.25) is 21.8 Å². The number of amides is 2. The number of aromatic nitrogens is 5. The number of piperidine rings is 1. The van der Waals surface area contributed by atoms with Crippen molar-refractivity contribution in [3.8, 4) is 11.1 Å². The normalized spacial score (nSPS) is 24.1. The van der Waals surface area contributed by atoms with E-state index in [1.807, 2.05) is 32.1 Å². The minimum atomic E-state index is -3.68. The van der Waals surface area contributed by atoms with Crippen molar-refractivity contribution in [2.45, 2.75) is 70.8 Å². The van der Waals surface area contributed by atoms with Crippen molar-refractivity contribution in [2.75, 3.05) is 18.9 Å². The van der Waals surface area contributed by atoms with Crippen molar-refractivity contribution in [2.24, 2.45) is 5.41 Å². The van der Waals surface area contributed by atoms with Crippen LogP contribution in [0.1, 0.15) is 60.0 Å². The number of Topliss-reactive ketones (excluding diaryl/α,β-unsaturated/α-hetero) is 1. The average molecular weight is 762 g/mol. The van der Waals surface area contributed by atoms with Crippen molar-refractivity contribution >= 4 is 60.3 Å². The van der Waals surface area contributed by atoms with Crippen LogP contribution < -0.4 is 5.32 Å². The molecule has 3 atom stereocenters. The van der Waals surface area contributed by atoms with E-state index in [1.54, 1.807) is 41.2 Å². The summed E-state index contributed by atoms with van der Waals surface area (Å²) < 4.78 is 29.7. The summed E-state index contributed by atoms with van der Waals surface area (Å²) in [5, 5.41) is 8.11. The maximum atomic E-state index is 14.4. The van der Waals surface area contributed by atoms with E-state index in [-0.39, 0.29) is 47.0 Å². The van der Waals surface area contributed by atoms with Gasteiger partial charge in [-0.1, -0.05) is 18.2 Å². The van der Waals surface area contributed by atoms with Gasteiger partial charge in [-0.3, -0.25) is 19.1 Å². The summed E-state index contributed by atoms with van der Waals surface area (Å²) in [6, 6.07) is 6.09. The molecule has 1 aliphatic carbocycles. The maximum absolute atomic E-state index is 14.4. The van der Waals surface area contributed by atoms with Crippen molar-refractivity contribution in [3.63, 3.8) is 0 Å². The molecular weight excluding hydrogens is 724 g/mol. The van der Waals surface area contributed by atoms with Crippen LogP contribution in [0.5, 0.6) is 0 Å². The smallest absolute Gasteiger partial charge is 0.248 e. The number of hydrogen-bond donors (Lipinski definition) is 1. The van der Waals surface area contributed by atoms with Gasteiger partial charge in [0.25, 0.3) is 0 Å². The Bertz CT molecular complexity index is 2200. The van der Waals surface area contributed by atoms with Crippen LogP contribution in [0.25, 0.3) is 22.0 Å². The molecule has 260 valence electrons. The standard InChI is InChI=1S/C35H37BrN8O5S/c1-20-12-24(25-16-37-22(3)38-17-25)13-26-31(21(2)45)41-43(32(20)26)18-30(46)44-27-14-35(15-28(35)44)10-6-5-7-11-42(4)50(48,49)19-23-8-9-29(36)39-33(23)40-34(27)47/h6,8-10,12-13,16-17,27-28H,5,7,11,14-15,18-19H2,1-4H3,(H,39,40,47)/b10-6-/t27-,28+,35-/m0/s1. The Hall–Kier alpha value is -4.34. The first kappa shape index (κ1) is 34.1. The molecule has 1 saturated heterocycles. The Balaban J connectivity index is 1.24. The van der Waals surface area contributed by atoms with Crippen molar-refractivity contribution in [3.05, 3.63) is 76.1 Å². The molecule has 1 saturated carbocycles. The van der Waals surface area contributed by atoms with Gasteiger partial charge in [0.05, 0.1) is 11.3 Å². The fourth-order valence-electron chi connectivity index (χ4n) is 7.29. The Morgan fingerprint density at radius 3 is 2.60 bits per heavy atom. The lowest BCUT2D eigenvalue weighted by Gasteiger charge is -2.27. The Morgan fingerprint density at radius 2 is 1.86 bits per heavy atom. The van der Waals surface area contributed by atoms with Crippen LogP contribution in [0.15, 0.2) is 53.4 Å². The lowest BCUT2D eigenvalue weighted by molar-refractivity contribution is -0.138. The van der Waals surface area contributed by atoms with Crippen LogP contribution in [0.4, 0.5) is 5.82 Å². The van der Waals surface area contributed by atoms with Crippen LogP contribution >= 0.6 is 15.9 Å². The number of halogens is 1. The minimum absolute atomic E-state index is 0.128. The number of allylic oxidation sites excluding steroid dienone is 1. The number of anilines is 1. The number of ketones is 1. The molecule has 50 heavy (non-hydrogen) atoms. The summed E-state index contributed by atoms with van der Waals surface area (Å²) in [7, 11) is -2.12. The average Bonchev–Trinajstić information content (AvgIpc) is 3.46. The third-order valence-corrected chi connectivity index (χ3v) is 12.2. The molecule has 3 aliphatic rings. The Kier molecular flexibility index (Phi) is 8.71. The van der Waals surface area contributed by atoms with E-state index >= 15 is 0 Å². The van der Waals surface area contributed by atoms with E-state index < -0.39 is 22.0 Å². The molecule has 7 rings (SSSR count). The second-order valence-corrected chi connectivity index (χ2v) is 16.4. The fourth-order valence-corrected chi connectivity index (χ4v) is 8.85. The largest absolute Gasteiger partial charge is 0.325 e. The predicted molar refractivity (Wildman–Crippen MR) is 191 cm³/mol. The fraction of sp³-hybridized carbons (Fsp3) is 0.400. The molecular formula is C35H37BrN8O5S. The van der Waals surface area contributed by atoms with Crippen LogP contribution in [-0.2, 0) is 31.9 Å². The zero-order valence-corrected chi connectivity index (χ0v) is 30.6. The minimum Gasteiger partial charge on any atom is -0.325 e. The highest BCUT2D eigenvalue weighted by Gasteiger charge is 2.65. The Labute approximate surface area is 298 Å². The summed E-state index contributed by atoms with van der Waals surface area (Å²) in [5.41, 5.74) is 3.34. The first-order chi connectivity index (χ1) is 23.8. The molecule has 2 aliphatic heterocycles. The molecule has 3 aromatic heterocycles. The summed E-state index contributed by atoms with van der Waals surface area (Å²) in [6.45, 7) is 5.34. The molecule has 5 heterocycles. The van der Waals surface area contributed by atoms with Gasteiger partial charge in [-0.25, -0.2) is 27.7 Å². The van der Waals surface area contributed by atoms with Crippen molar-refractivity contribution in [1.82, 2.24) is 33.9 Å². The number of pyridine rings is 1. The third-order valence-electron chi connectivity index (χ3n) is 9.97. The zero-order valence-electron chi connectivity index (χ0n) is 28.2. The Morgan fingerprint density at radius 1 is 1.10 bits per heavy atom. The number of likely N-dealkylation sites (tertiary alicyclic amines) is 1. The van der Waals surface area contributed by atoms with Gasteiger partial charge < -0.3 is 10.2 Å². The number of benzene rings is 1. The molecule has 15 heteroatoms. The van der Waals surface area contributed by atoms with Gasteiger partial charge in [0.1, 0.15) is 34.5 Å². The monoisotopic (exact) mass is 760 g/mol. The molecule has 1 N–H and O–H groups in total. The molecule has 2 amide bonds. The number of hydrogen-bond acceptors (Lipinski definition) is 9. The molecule has 2 fully saturated rings. The van der Waals surface area contributed by atoms with E-state index in [0.717, 1.165) is 16.7 Å². The number of fused-ring (bicyclic) bond motifs is 3. The lowest BCUT2D eigenvalue weighted by atomic mass is 9.98. The number of aryl methyl sites for hydroxylation is 2. The van der Waals surface area contributed by atoms with Gasteiger partial charge in [0.15, 0.2) is 5.78 Å². The second kappa shape index (κ2) is 12.8. The number of rotatable bonds is 4. The van der Waals surface area contributed by atoms with Crippen LogP contribution in [0, 0.1) is 19.3 Å². The molecule has 2 bridgehead atoms. The predicted octanol–water partition coefficient (Wildman–Crippen LogP) is 4.58. The quantitative estimate of drug-likeness (QED) is 0.178. The van der Waals surface area contributed by atoms with E-state index in [9.17, 15) is 22.8 Å². The van der Waals surface area contributed by atoms with Gasteiger partial charge in [-0.05, 0) is 84.8 Å². The van der Waals surface area contributed by atoms with Gasteiger partial charge in [-0.2, -0.15) is 5.10 Å². The third kappa shape index (κ3) is 6.26. The molecule has 13 nitrogen and oxygen atoms in total. The SMILES string of the molecule is CC(=O)c1nn(CC(=O)N2[C@H]3C[C@@]4(/C=C\CCCN(C)S(=O)(=O)Cc5ccc(Br)nc5NC3=O)C[C@@H]24)c2c(C)cc(-c3cnc(C)nc3)cc12. The first-order valence-electron chi connectivity index (χ1n) is 16.5. The summed E-state index contributed by atoms with van der Waals surface area (Å²) in [6.07, 6.45) is 10.0. The lowest BCUT2D eigenvalue weighted by Crippen LogP contribution is -2.47. The van der Waals surface area contributed by atoms with Gasteiger partial charge >= 0.3 is 0 Å². The van der Waals surface area contributed by atoms with Crippen LogP contribution in [0.3, 0.4) is 0 Å². The molecule has 4 aromatic rings. The van der Waals surface area contributed by atoms with Crippen LogP contribution in [0.2, 0.25) is 0 Å². The van der Waals surface area contributed by atoms with Crippen LogP contribution in [-0.4, -0.2) is 85.6 Å². The summed E-state index contributed by atoms with van der Waals surface area (Å²) in [5.74, 6) is -0.538. The number of carbonyl (C=O) groups is 3. The van der Waals surface area contributed by atoms with Crippen molar-refractivity contribution in [1.29, 1.82) is 0 Å². The summed E-state index contributed by atoms with van der Waals surface area (Å²) >= 11 is 3.34. The number of nitrogens with zero attached hydrogens (tertiary/aromatic N) is 7. The highest BCUT2D eigenvalue weighted by atomic mass is 79.9. The van der Waals surface area contributed by atoms with E-state index in [0.29, 0.717) is 59.1 Å². The zero-order chi connectivity index (χ0) is 35.5. The number of nitrogens with one attached hydrogen (secondary N) is 1. The van der Waals surface area contributed by atoms with Gasteiger partial charge in [0, 0.05) is 60.9 Å². The molecule has 1 aromatic carbocycles. The topological polar surface area (TPSA) is 160 Å². The molecule has 0 radical (unpaired) electrons. The second-order valence-electron chi connectivity index (χ2n) is 13.5. The summed E-state index contributed by atoms with van der Waals surface area (Å²) in [4.78, 5) is 55.9. The van der Waals surface area contributed by atoms with E-state index in [1.165, 1.54) is 11.2 Å². The van der Waals surface area contributed by atoms with Gasteiger partial charge in [-0.15, -0.1) is 0 Å². The van der Waals surface area contributed by atoms with E-state index in [4.69, 9.17) is 0 Å². The first-order valence-corrected chi connectivity index (χ1v) is 18.9. The highest BCUT2D eigenvalue weighted by Crippen LogP contribution is 2.61. The number of sulfonamides is 1.